The maximum atomic E-state index is 13.2. The molecule has 3 aromatic heterocycles. The molecule has 3 atom stereocenters. The topological polar surface area (TPSA) is 118 Å². The van der Waals surface area contributed by atoms with E-state index in [2.05, 4.69) is 27.1 Å². The summed E-state index contributed by atoms with van der Waals surface area (Å²) in [6, 6.07) is 3.76. The summed E-state index contributed by atoms with van der Waals surface area (Å²) >= 11 is 0. The highest BCUT2D eigenvalue weighted by Gasteiger charge is 2.41. The molecule has 4 N–H and O–H groups in total. The molecule has 1 unspecified atom stereocenters. The van der Waals surface area contributed by atoms with Gasteiger partial charge in [-0.1, -0.05) is 27.2 Å². The lowest BCUT2D eigenvalue weighted by molar-refractivity contribution is -0.0503. The summed E-state index contributed by atoms with van der Waals surface area (Å²) in [4.78, 5) is 24.0. The van der Waals surface area contributed by atoms with Gasteiger partial charge in [-0.25, -0.2) is 0 Å². The Labute approximate surface area is 187 Å². The van der Waals surface area contributed by atoms with Crippen LogP contribution in [0.5, 0.6) is 0 Å². The van der Waals surface area contributed by atoms with E-state index in [1.165, 1.54) is 0 Å². The number of carbonyl (C=O) groups excluding carboxylic acids is 1. The third-order valence-corrected chi connectivity index (χ3v) is 6.75. The minimum absolute atomic E-state index is 0.0420. The number of aliphatic hydroxyl groups is 1. The average Bonchev–Trinajstić information content (AvgIpc) is 3.07. The number of nitrogens with one attached hydrogen (secondary N) is 1. The van der Waals surface area contributed by atoms with Gasteiger partial charge in [-0.3, -0.25) is 14.8 Å². The number of furan rings is 1. The molecule has 1 aliphatic rings. The molecule has 0 saturated carbocycles. The van der Waals surface area contributed by atoms with Crippen LogP contribution < -0.4 is 16.0 Å². The van der Waals surface area contributed by atoms with Gasteiger partial charge in [0.2, 0.25) is 5.88 Å². The lowest BCUT2D eigenvalue weighted by atomic mass is 9.76. The highest BCUT2D eigenvalue weighted by molar-refractivity contribution is 6.15. The highest BCUT2D eigenvalue weighted by Crippen LogP contribution is 2.37. The third-order valence-electron chi connectivity index (χ3n) is 6.75. The number of carbonyl (C=O) groups is 1. The average molecular weight is 438 g/mol. The maximum absolute atomic E-state index is 13.2. The number of hydrogen-bond acceptors (Lipinski definition) is 7. The number of aryl methyl sites for hydroxylation is 1. The molecule has 1 aliphatic heterocycles. The highest BCUT2D eigenvalue weighted by atomic mass is 16.3. The van der Waals surface area contributed by atoms with Crippen LogP contribution in [0.15, 0.2) is 35.1 Å². The molecule has 8 heteroatoms. The van der Waals surface area contributed by atoms with E-state index in [1.807, 2.05) is 32.9 Å². The molecule has 170 valence electrons. The fourth-order valence-electron chi connectivity index (χ4n) is 4.41. The summed E-state index contributed by atoms with van der Waals surface area (Å²) in [6.07, 6.45) is 6.95. The van der Waals surface area contributed by atoms with E-state index >= 15 is 0 Å². The summed E-state index contributed by atoms with van der Waals surface area (Å²) in [5.74, 6) is -0.215. The van der Waals surface area contributed by atoms with Gasteiger partial charge in [0.15, 0.2) is 5.58 Å². The quantitative estimate of drug-likeness (QED) is 0.555. The van der Waals surface area contributed by atoms with E-state index in [4.69, 9.17) is 10.2 Å². The van der Waals surface area contributed by atoms with Crippen LogP contribution in [-0.2, 0) is 6.42 Å². The van der Waals surface area contributed by atoms with E-state index in [0.29, 0.717) is 29.9 Å². The van der Waals surface area contributed by atoms with Crippen LogP contribution in [0.1, 0.15) is 50.0 Å². The first-order valence-corrected chi connectivity index (χ1v) is 11.1. The lowest BCUT2D eigenvalue weighted by Gasteiger charge is -2.47. The van der Waals surface area contributed by atoms with Crippen molar-refractivity contribution in [3.05, 3.63) is 41.9 Å². The fraction of sp³-hybridized carbons (Fsp3) is 0.458. The molecular weight excluding hydrogens is 406 g/mol. The number of rotatable bonds is 5. The van der Waals surface area contributed by atoms with Gasteiger partial charge < -0.3 is 25.5 Å². The molecule has 1 fully saturated rings. The normalized spacial score (nSPS) is 23.5. The van der Waals surface area contributed by atoms with Crippen LogP contribution in [0.3, 0.4) is 0 Å². The molecule has 32 heavy (non-hydrogen) atoms. The molecule has 0 radical (unpaired) electrons. The molecule has 0 bridgehead atoms. The minimum atomic E-state index is -0.737. The standard InChI is InChI=1S/C24H31N5O3/c1-5-6-16-9-19-21(27-10-16)20(22(25)32-19)23(30)28-17-11-26-8-7-18(17)29-12-14(2)24(4,31)15(3)13-29/h7-11,14-15,31H,5-6,12-13,25H2,1-4H3,(H,28,30)/t14-,15+,24?. The summed E-state index contributed by atoms with van der Waals surface area (Å²) in [5, 5.41) is 13.7. The minimum Gasteiger partial charge on any atom is -0.438 e. The number of piperidine rings is 1. The number of hydrogen-bond donors (Lipinski definition) is 3. The Morgan fingerprint density at radius 3 is 2.75 bits per heavy atom. The van der Waals surface area contributed by atoms with E-state index in [-0.39, 0.29) is 23.3 Å². The Balaban J connectivity index is 1.62. The second-order valence-corrected chi connectivity index (χ2v) is 9.06. The van der Waals surface area contributed by atoms with Crippen molar-refractivity contribution in [3.63, 3.8) is 0 Å². The van der Waals surface area contributed by atoms with Crippen LogP contribution in [0.2, 0.25) is 0 Å². The molecule has 8 nitrogen and oxygen atoms in total. The molecule has 0 aliphatic carbocycles. The van der Waals surface area contributed by atoms with E-state index < -0.39 is 11.5 Å². The Kier molecular flexibility index (Phi) is 5.81. The summed E-state index contributed by atoms with van der Waals surface area (Å²) < 4.78 is 5.64. The monoisotopic (exact) mass is 437 g/mol. The molecule has 4 heterocycles. The second-order valence-electron chi connectivity index (χ2n) is 9.06. The van der Waals surface area contributed by atoms with E-state index in [9.17, 15) is 9.90 Å². The Morgan fingerprint density at radius 2 is 2.06 bits per heavy atom. The summed E-state index contributed by atoms with van der Waals surface area (Å²) in [6.45, 7) is 9.40. The van der Waals surface area contributed by atoms with Crippen LogP contribution in [-0.4, -0.2) is 39.7 Å². The smallest absolute Gasteiger partial charge is 0.263 e. The first kappa shape index (κ1) is 22.1. The van der Waals surface area contributed by atoms with Gasteiger partial charge in [-0.2, -0.15) is 0 Å². The van der Waals surface area contributed by atoms with Gasteiger partial charge >= 0.3 is 0 Å². The molecule has 0 spiro atoms. The molecule has 1 amide bonds. The molecule has 1 saturated heterocycles. The van der Waals surface area contributed by atoms with Gasteiger partial charge in [-0.05, 0) is 31.0 Å². The SMILES string of the molecule is CCCc1cnc2c(C(=O)Nc3cnccc3N3C[C@@H](C)C(C)(O)[C@@H](C)C3)c(N)oc2c1. The van der Waals surface area contributed by atoms with Crippen molar-refractivity contribution < 1.29 is 14.3 Å². The zero-order chi connectivity index (χ0) is 23.0. The van der Waals surface area contributed by atoms with Crippen molar-refractivity contribution in [1.29, 1.82) is 0 Å². The number of amides is 1. The number of anilines is 3. The first-order valence-electron chi connectivity index (χ1n) is 11.1. The van der Waals surface area contributed by atoms with Crippen molar-refractivity contribution in [3.8, 4) is 0 Å². The number of pyridine rings is 2. The van der Waals surface area contributed by atoms with Crippen LogP contribution in [0.25, 0.3) is 11.1 Å². The van der Waals surface area contributed by atoms with Crippen molar-refractivity contribution in [2.75, 3.05) is 29.0 Å². The van der Waals surface area contributed by atoms with Crippen molar-refractivity contribution >= 4 is 34.3 Å². The van der Waals surface area contributed by atoms with Crippen molar-refractivity contribution in [1.82, 2.24) is 9.97 Å². The number of nitrogen functional groups attached to an aromatic ring is 1. The Morgan fingerprint density at radius 1 is 1.34 bits per heavy atom. The fourth-order valence-corrected chi connectivity index (χ4v) is 4.41. The Hall–Kier alpha value is -3.13. The van der Waals surface area contributed by atoms with Crippen molar-refractivity contribution in [2.45, 2.75) is 46.1 Å². The molecule has 3 aromatic rings. The van der Waals surface area contributed by atoms with Gasteiger partial charge in [0, 0.05) is 37.3 Å². The van der Waals surface area contributed by atoms with Gasteiger partial charge in [0.25, 0.3) is 5.91 Å². The zero-order valence-corrected chi connectivity index (χ0v) is 19.1. The molecule has 0 aromatic carbocycles. The number of fused-ring (bicyclic) bond motifs is 1. The third kappa shape index (κ3) is 3.90. The predicted octanol–water partition coefficient (Wildman–Crippen LogP) is 3.85. The van der Waals surface area contributed by atoms with Crippen LogP contribution in [0, 0.1) is 11.8 Å². The summed E-state index contributed by atoms with van der Waals surface area (Å²) in [7, 11) is 0. The number of nitrogens with two attached hydrogens (primary N) is 1. The maximum Gasteiger partial charge on any atom is 0.263 e. The van der Waals surface area contributed by atoms with Crippen molar-refractivity contribution in [2.24, 2.45) is 11.8 Å². The summed E-state index contributed by atoms with van der Waals surface area (Å²) in [5.41, 5.74) is 8.97. The van der Waals surface area contributed by atoms with E-state index in [0.717, 1.165) is 24.1 Å². The van der Waals surface area contributed by atoms with Crippen LogP contribution >= 0.6 is 0 Å². The van der Waals surface area contributed by atoms with Gasteiger partial charge in [0.05, 0.1) is 23.2 Å². The first-order chi connectivity index (χ1) is 15.2. The van der Waals surface area contributed by atoms with E-state index in [1.54, 1.807) is 18.6 Å². The molecular formula is C24H31N5O3. The second kappa shape index (κ2) is 8.43. The predicted molar refractivity (Wildman–Crippen MR) is 126 cm³/mol. The zero-order valence-electron chi connectivity index (χ0n) is 19.1. The number of nitrogens with zero attached hydrogens (tertiary/aromatic N) is 3. The van der Waals surface area contributed by atoms with Crippen LogP contribution in [0.4, 0.5) is 17.3 Å². The largest absolute Gasteiger partial charge is 0.438 e. The lowest BCUT2D eigenvalue weighted by Crippen LogP contribution is -2.55. The Bertz CT molecular complexity index is 1130. The van der Waals surface area contributed by atoms with Gasteiger partial charge in [0.1, 0.15) is 11.1 Å². The number of aromatic nitrogens is 2. The molecule has 4 rings (SSSR count). The van der Waals surface area contributed by atoms with Gasteiger partial charge in [-0.15, -0.1) is 0 Å².